The number of para-hydroxylation sites is 2. The topological polar surface area (TPSA) is 92.9 Å². The number of halogens is 5. The second kappa shape index (κ2) is 8.44. The number of carbonyl (C=O) groups is 3. The van der Waals surface area contributed by atoms with E-state index in [2.05, 4.69) is 0 Å². The third-order valence-electron chi connectivity index (χ3n) is 4.66. The molecule has 0 aromatic heterocycles. The lowest BCUT2D eigenvalue weighted by molar-refractivity contribution is -0.286. The van der Waals surface area contributed by atoms with Crippen LogP contribution >= 0.6 is 0 Å². The zero-order valence-electron chi connectivity index (χ0n) is 16.1. The van der Waals surface area contributed by atoms with Crippen LogP contribution in [-0.2, 0) is 14.4 Å². The molecule has 2 N–H and O–H groups in total. The smallest absolute Gasteiger partial charge is 0.455 e. The molecule has 2 atom stereocenters. The first-order valence-corrected chi connectivity index (χ1v) is 8.89. The van der Waals surface area contributed by atoms with E-state index in [9.17, 15) is 36.3 Å². The summed E-state index contributed by atoms with van der Waals surface area (Å²) >= 11 is 0. The lowest BCUT2D eigenvalue weighted by Crippen LogP contribution is -2.60. The van der Waals surface area contributed by atoms with Crippen molar-refractivity contribution in [3.8, 4) is 5.75 Å². The first-order chi connectivity index (χ1) is 13.8. The number of hydrogen-bond acceptors (Lipinski definition) is 4. The lowest BCUT2D eigenvalue weighted by atomic mass is 10.1. The highest BCUT2D eigenvalue weighted by molar-refractivity contribution is 6.04. The van der Waals surface area contributed by atoms with Crippen LogP contribution < -0.4 is 15.4 Å². The highest BCUT2D eigenvalue weighted by Crippen LogP contribution is 2.38. The molecule has 2 unspecified atom stereocenters. The molecule has 0 radical (unpaired) electrons. The van der Waals surface area contributed by atoms with Crippen molar-refractivity contribution in [2.24, 2.45) is 11.7 Å². The van der Waals surface area contributed by atoms with Crippen LogP contribution in [0.2, 0.25) is 0 Å². The number of fused-ring (bicyclic) bond motifs is 1. The molecule has 2 rings (SSSR count). The number of ether oxygens (including phenoxy) is 1. The Morgan fingerprint density at radius 3 is 2.40 bits per heavy atom. The highest BCUT2D eigenvalue weighted by Gasteiger charge is 2.60. The van der Waals surface area contributed by atoms with Crippen molar-refractivity contribution in [2.45, 2.75) is 32.0 Å². The number of primary amides is 1. The van der Waals surface area contributed by atoms with Gasteiger partial charge in [0.2, 0.25) is 11.8 Å². The summed E-state index contributed by atoms with van der Waals surface area (Å²) in [5.41, 5.74) is 5.29. The Kier molecular flexibility index (Phi) is 6.57. The molecule has 0 spiro atoms. The summed E-state index contributed by atoms with van der Waals surface area (Å²) < 4.78 is 71.5. The Labute approximate surface area is 168 Å². The molecule has 1 heterocycles. The summed E-state index contributed by atoms with van der Waals surface area (Å²) in [5.74, 6) is -10.5. The van der Waals surface area contributed by atoms with E-state index in [0.717, 1.165) is 11.8 Å². The number of rotatable bonds is 6. The molecular formula is C18H20F5N3O4. The van der Waals surface area contributed by atoms with Crippen molar-refractivity contribution in [1.29, 1.82) is 0 Å². The number of alkyl halides is 5. The van der Waals surface area contributed by atoms with Gasteiger partial charge in [-0.25, -0.2) is 0 Å². The van der Waals surface area contributed by atoms with E-state index in [-0.39, 0.29) is 22.9 Å². The number of anilines is 1. The second-order valence-corrected chi connectivity index (χ2v) is 6.67. The summed E-state index contributed by atoms with van der Waals surface area (Å²) in [7, 11) is 0. The Balaban J connectivity index is 2.51. The van der Waals surface area contributed by atoms with E-state index in [0.29, 0.717) is 0 Å². The average molecular weight is 437 g/mol. The predicted molar refractivity (Wildman–Crippen MR) is 94.8 cm³/mol. The van der Waals surface area contributed by atoms with Gasteiger partial charge in [0.25, 0.3) is 5.91 Å². The molecule has 166 valence electrons. The van der Waals surface area contributed by atoms with Gasteiger partial charge in [-0.05, 0) is 26.0 Å². The first-order valence-electron chi connectivity index (χ1n) is 8.89. The third-order valence-corrected chi connectivity index (χ3v) is 4.66. The molecule has 0 fully saturated rings. The van der Waals surface area contributed by atoms with Crippen molar-refractivity contribution in [3.05, 3.63) is 24.3 Å². The Hall–Kier alpha value is -2.92. The maximum Gasteiger partial charge on any atom is 0.455 e. The number of amides is 3. The van der Waals surface area contributed by atoms with Crippen LogP contribution in [-0.4, -0.2) is 60.5 Å². The summed E-state index contributed by atoms with van der Waals surface area (Å²) in [6.45, 7) is -0.311. The molecular weight excluding hydrogens is 417 g/mol. The SMILES string of the molecule is CCN1C(=O)C(N(CC(F)(F)C(F)(F)F)C(=O)C(C)C(N)=O)COc2ccccc21. The minimum atomic E-state index is -5.98. The van der Waals surface area contributed by atoms with Crippen LogP contribution in [0.4, 0.5) is 27.6 Å². The fourth-order valence-electron chi connectivity index (χ4n) is 2.91. The minimum absolute atomic E-state index is 0.0266. The van der Waals surface area contributed by atoms with Gasteiger partial charge >= 0.3 is 12.1 Å². The quantitative estimate of drug-likeness (QED) is 0.544. The highest BCUT2D eigenvalue weighted by atomic mass is 19.4. The van der Waals surface area contributed by atoms with Gasteiger partial charge in [-0.15, -0.1) is 0 Å². The Morgan fingerprint density at radius 1 is 1.27 bits per heavy atom. The van der Waals surface area contributed by atoms with Crippen molar-refractivity contribution in [1.82, 2.24) is 4.90 Å². The molecule has 0 bridgehead atoms. The van der Waals surface area contributed by atoms with Gasteiger partial charge in [0, 0.05) is 6.54 Å². The van der Waals surface area contributed by atoms with Crippen molar-refractivity contribution >= 4 is 23.4 Å². The molecule has 3 amide bonds. The molecule has 1 aliphatic rings. The second-order valence-electron chi connectivity index (χ2n) is 6.67. The van der Waals surface area contributed by atoms with Gasteiger partial charge in [0.15, 0.2) is 0 Å². The van der Waals surface area contributed by atoms with Crippen LogP contribution in [0.3, 0.4) is 0 Å². The standard InChI is InChI=1S/C18H20F5N3O4/c1-3-25-11-6-4-5-7-13(11)30-8-12(16(25)29)26(15(28)10(2)14(24)27)9-17(19,20)18(21,22)23/h4-7,10,12H,3,8-9H2,1-2H3,(H2,24,27). The van der Waals surface area contributed by atoms with Crippen LogP contribution in [0.1, 0.15) is 13.8 Å². The summed E-state index contributed by atoms with van der Waals surface area (Å²) in [5, 5.41) is 0. The number of nitrogens with two attached hydrogens (primary N) is 1. The molecule has 0 saturated heterocycles. The van der Waals surface area contributed by atoms with E-state index in [4.69, 9.17) is 10.5 Å². The van der Waals surface area contributed by atoms with Gasteiger partial charge in [0.1, 0.15) is 24.3 Å². The largest absolute Gasteiger partial charge is 0.489 e. The number of benzene rings is 1. The van der Waals surface area contributed by atoms with Gasteiger partial charge < -0.3 is 20.3 Å². The fourth-order valence-corrected chi connectivity index (χ4v) is 2.91. The van der Waals surface area contributed by atoms with Crippen molar-refractivity contribution in [2.75, 3.05) is 24.6 Å². The van der Waals surface area contributed by atoms with Crippen molar-refractivity contribution in [3.63, 3.8) is 0 Å². The zero-order chi connectivity index (χ0) is 22.9. The number of likely N-dealkylation sites (N-methyl/N-ethyl adjacent to an activating group) is 1. The molecule has 30 heavy (non-hydrogen) atoms. The van der Waals surface area contributed by atoms with E-state index in [1.54, 1.807) is 19.1 Å². The van der Waals surface area contributed by atoms with E-state index < -0.39 is 54.9 Å². The first kappa shape index (κ1) is 23.4. The normalized spacial score (nSPS) is 18.2. The molecule has 12 heteroatoms. The molecule has 0 aliphatic carbocycles. The molecule has 1 aliphatic heterocycles. The van der Waals surface area contributed by atoms with Gasteiger partial charge in [0.05, 0.1) is 12.2 Å². The lowest BCUT2D eigenvalue weighted by Gasteiger charge is -2.35. The molecule has 1 aromatic rings. The maximum atomic E-state index is 13.8. The van der Waals surface area contributed by atoms with Crippen molar-refractivity contribution < 1.29 is 41.1 Å². The van der Waals surface area contributed by atoms with Gasteiger partial charge in [-0.2, -0.15) is 22.0 Å². The van der Waals surface area contributed by atoms with Crippen LogP contribution in [0.5, 0.6) is 5.75 Å². The summed E-state index contributed by atoms with van der Waals surface area (Å²) in [6, 6.07) is 4.30. The predicted octanol–water partition coefficient (Wildman–Crippen LogP) is 1.95. The Morgan fingerprint density at radius 2 is 1.87 bits per heavy atom. The summed E-state index contributed by atoms with van der Waals surface area (Å²) in [4.78, 5) is 38.1. The zero-order valence-corrected chi connectivity index (χ0v) is 16.1. The molecule has 0 saturated carbocycles. The van der Waals surface area contributed by atoms with Crippen LogP contribution in [0, 0.1) is 5.92 Å². The van der Waals surface area contributed by atoms with Crippen LogP contribution in [0.25, 0.3) is 0 Å². The number of nitrogens with zero attached hydrogens (tertiary/aromatic N) is 2. The number of hydrogen-bond donors (Lipinski definition) is 1. The van der Waals surface area contributed by atoms with Crippen LogP contribution in [0.15, 0.2) is 24.3 Å². The van der Waals surface area contributed by atoms with E-state index >= 15 is 0 Å². The van der Waals surface area contributed by atoms with E-state index in [1.165, 1.54) is 12.1 Å². The molecule has 7 nitrogen and oxygen atoms in total. The van der Waals surface area contributed by atoms with Gasteiger partial charge in [-0.3, -0.25) is 14.4 Å². The monoisotopic (exact) mass is 437 g/mol. The third kappa shape index (κ3) is 4.46. The Bertz CT molecular complexity index is 830. The van der Waals surface area contributed by atoms with Gasteiger partial charge in [-0.1, -0.05) is 12.1 Å². The number of carbonyl (C=O) groups excluding carboxylic acids is 3. The molecule has 1 aromatic carbocycles. The average Bonchev–Trinajstić information content (AvgIpc) is 2.80. The maximum absolute atomic E-state index is 13.8. The fraction of sp³-hybridized carbons (Fsp3) is 0.500. The van der Waals surface area contributed by atoms with E-state index in [1.807, 2.05) is 0 Å². The summed E-state index contributed by atoms with van der Waals surface area (Å²) in [6.07, 6.45) is -5.98. The minimum Gasteiger partial charge on any atom is -0.489 e.